The minimum absolute atomic E-state index is 0.247. The van der Waals surface area contributed by atoms with Crippen molar-refractivity contribution in [1.82, 2.24) is 4.98 Å². The van der Waals surface area contributed by atoms with E-state index in [1.807, 2.05) is 17.9 Å². The summed E-state index contributed by atoms with van der Waals surface area (Å²) in [5.74, 6) is 0.447. The van der Waals surface area contributed by atoms with Gasteiger partial charge in [-0.25, -0.2) is 4.98 Å². The average molecular weight is 273 g/mol. The quantitative estimate of drug-likeness (QED) is 0.766. The number of aromatic nitrogens is 1. The molecule has 0 N–H and O–H groups in total. The van der Waals surface area contributed by atoms with E-state index in [0.717, 1.165) is 25.0 Å². The van der Waals surface area contributed by atoms with Crippen LogP contribution in [0.5, 0.6) is 0 Å². The summed E-state index contributed by atoms with van der Waals surface area (Å²) in [6, 6.07) is 4.17. The van der Waals surface area contributed by atoms with Crippen molar-refractivity contribution in [3.05, 3.63) is 22.9 Å². The van der Waals surface area contributed by atoms with Crippen molar-refractivity contribution >= 4 is 11.8 Å². The maximum atomic E-state index is 11.3. The molecule has 1 heterocycles. The molecule has 0 atom stereocenters. The maximum Gasteiger partial charge on any atom is 0.307 e. The fraction of sp³-hybridized carbons (Fsp3) is 0.533. The van der Waals surface area contributed by atoms with Crippen LogP contribution < -0.4 is 4.90 Å². The van der Waals surface area contributed by atoms with Gasteiger partial charge in [-0.1, -0.05) is 0 Å². The van der Waals surface area contributed by atoms with E-state index in [9.17, 15) is 10.1 Å². The number of methoxy groups -OCH3 is 1. The summed E-state index contributed by atoms with van der Waals surface area (Å²) in [7, 11) is 1.38. The Hall–Kier alpha value is -2.09. The number of anilines is 1. The number of aryl methyl sites for hydroxylation is 2. The summed E-state index contributed by atoms with van der Waals surface area (Å²) < 4.78 is 4.66. The Morgan fingerprint density at radius 1 is 1.55 bits per heavy atom. The third kappa shape index (κ3) is 2.90. The first-order valence-corrected chi connectivity index (χ1v) is 6.94. The largest absolute Gasteiger partial charge is 0.469 e. The van der Waals surface area contributed by atoms with Crippen molar-refractivity contribution in [3.8, 4) is 6.07 Å². The predicted octanol–water partition coefficient (Wildman–Crippen LogP) is 1.83. The van der Waals surface area contributed by atoms with Gasteiger partial charge in [0, 0.05) is 18.8 Å². The van der Waals surface area contributed by atoms with E-state index in [1.54, 1.807) is 0 Å². The number of nitrogens with zero attached hydrogens (tertiary/aromatic N) is 3. The lowest BCUT2D eigenvalue weighted by atomic mass is 10.1. The number of carbonyl (C=O) groups excluding carboxylic acids is 1. The van der Waals surface area contributed by atoms with Gasteiger partial charge in [-0.3, -0.25) is 4.79 Å². The molecular formula is C15H19N3O2. The number of carbonyl (C=O) groups is 1. The standard InChI is InChI=1S/C15H19N3O2/c1-3-18(8-7-14(19)20-2)15-12(10-16)9-11-5-4-6-13(11)17-15/h9H,3-8H2,1-2H3. The second-order valence-electron chi connectivity index (χ2n) is 4.84. The summed E-state index contributed by atoms with van der Waals surface area (Å²) in [5.41, 5.74) is 2.88. The van der Waals surface area contributed by atoms with Gasteiger partial charge in [-0.2, -0.15) is 5.26 Å². The SMILES string of the molecule is CCN(CCC(=O)OC)c1nc2c(cc1C#N)CCC2. The van der Waals surface area contributed by atoms with Crippen molar-refractivity contribution in [3.63, 3.8) is 0 Å². The molecule has 2 rings (SSSR count). The topological polar surface area (TPSA) is 66.2 Å². The first kappa shape index (κ1) is 14.3. The van der Waals surface area contributed by atoms with E-state index in [4.69, 9.17) is 0 Å². The van der Waals surface area contributed by atoms with Crippen LogP contribution in [0.1, 0.15) is 36.6 Å². The number of fused-ring (bicyclic) bond motifs is 1. The Bertz CT molecular complexity index is 549. The van der Waals surface area contributed by atoms with Crippen molar-refractivity contribution in [2.45, 2.75) is 32.6 Å². The molecule has 1 aromatic rings. The molecule has 0 aromatic carbocycles. The number of esters is 1. The van der Waals surface area contributed by atoms with Gasteiger partial charge in [-0.15, -0.1) is 0 Å². The van der Waals surface area contributed by atoms with Gasteiger partial charge in [0.05, 0.1) is 19.1 Å². The van der Waals surface area contributed by atoms with Crippen molar-refractivity contribution in [1.29, 1.82) is 5.26 Å². The summed E-state index contributed by atoms with van der Waals surface area (Å²) in [6.07, 6.45) is 3.38. The molecule has 0 radical (unpaired) electrons. The second-order valence-corrected chi connectivity index (χ2v) is 4.84. The van der Waals surface area contributed by atoms with Crippen molar-refractivity contribution in [2.24, 2.45) is 0 Å². The summed E-state index contributed by atoms with van der Waals surface area (Å²) in [5, 5.41) is 9.31. The molecule has 0 saturated carbocycles. The first-order valence-electron chi connectivity index (χ1n) is 6.94. The molecular weight excluding hydrogens is 254 g/mol. The van der Waals surface area contributed by atoms with Crippen molar-refractivity contribution < 1.29 is 9.53 Å². The van der Waals surface area contributed by atoms with Gasteiger partial charge in [0.1, 0.15) is 11.9 Å². The van der Waals surface area contributed by atoms with E-state index >= 15 is 0 Å². The Kier molecular flexibility index (Phi) is 4.57. The molecule has 0 aliphatic heterocycles. The van der Waals surface area contributed by atoms with Crippen LogP contribution in [0.15, 0.2) is 6.07 Å². The molecule has 1 aliphatic rings. The Morgan fingerprint density at radius 3 is 3.00 bits per heavy atom. The Balaban J connectivity index is 2.25. The minimum Gasteiger partial charge on any atom is -0.469 e. The van der Waals surface area contributed by atoms with Gasteiger partial charge < -0.3 is 9.64 Å². The monoisotopic (exact) mass is 273 g/mol. The smallest absolute Gasteiger partial charge is 0.307 e. The number of ether oxygens (including phenoxy) is 1. The van der Waals surface area contributed by atoms with E-state index in [0.29, 0.717) is 30.9 Å². The molecule has 0 bridgehead atoms. The van der Waals surface area contributed by atoms with Gasteiger partial charge in [0.15, 0.2) is 0 Å². The maximum absolute atomic E-state index is 11.3. The summed E-state index contributed by atoms with van der Waals surface area (Å²) in [6.45, 7) is 3.22. The zero-order valence-corrected chi connectivity index (χ0v) is 12.0. The zero-order chi connectivity index (χ0) is 14.5. The van der Waals surface area contributed by atoms with Crippen LogP contribution in [-0.2, 0) is 22.4 Å². The van der Waals surface area contributed by atoms with E-state index in [-0.39, 0.29) is 5.97 Å². The fourth-order valence-corrected chi connectivity index (χ4v) is 2.53. The molecule has 0 fully saturated rings. The van der Waals surface area contributed by atoms with Crippen LogP contribution >= 0.6 is 0 Å². The average Bonchev–Trinajstić information content (AvgIpc) is 2.93. The highest BCUT2D eigenvalue weighted by atomic mass is 16.5. The van der Waals surface area contributed by atoms with Crippen LogP contribution in [0.3, 0.4) is 0 Å². The first-order chi connectivity index (χ1) is 9.69. The number of nitriles is 1. The highest BCUT2D eigenvalue weighted by Crippen LogP contribution is 2.27. The van der Waals surface area contributed by atoms with Gasteiger partial charge in [0.2, 0.25) is 0 Å². The van der Waals surface area contributed by atoms with E-state index in [1.165, 1.54) is 12.7 Å². The third-order valence-corrected chi connectivity index (χ3v) is 3.65. The van der Waals surface area contributed by atoms with E-state index in [2.05, 4.69) is 15.8 Å². The van der Waals surface area contributed by atoms with Crippen LogP contribution in [0.25, 0.3) is 0 Å². The molecule has 20 heavy (non-hydrogen) atoms. The molecule has 5 heteroatoms. The summed E-state index contributed by atoms with van der Waals surface area (Å²) >= 11 is 0. The number of pyridine rings is 1. The predicted molar refractivity (Wildman–Crippen MR) is 75.5 cm³/mol. The Morgan fingerprint density at radius 2 is 2.35 bits per heavy atom. The Labute approximate surface area is 119 Å². The van der Waals surface area contributed by atoms with Gasteiger partial charge >= 0.3 is 5.97 Å². The number of hydrogen-bond donors (Lipinski definition) is 0. The minimum atomic E-state index is -0.247. The molecule has 0 spiro atoms. The summed E-state index contributed by atoms with van der Waals surface area (Å²) in [4.78, 5) is 17.9. The fourth-order valence-electron chi connectivity index (χ4n) is 2.53. The molecule has 0 amide bonds. The number of rotatable bonds is 5. The van der Waals surface area contributed by atoms with E-state index < -0.39 is 0 Å². The molecule has 1 aliphatic carbocycles. The molecule has 1 aromatic heterocycles. The highest BCUT2D eigenvalue weighted by Gasteiger charge is 2.19. The molecule has 106 valence electrons. The molecule has 5 nitrogen and oxygen atoms in total. The number of hydrogen-bond acceptors (Lipinski definition) is 5. The lowest BCUT2D eigenvalue weighted by Crippen LogP contribution is -2.28. The second kappa shape index (κ2) is 6.38. The van der Waals surface area contributed by atoms with Crippen LogP contribution in [0, 0.1) is 11.3 Å². The molecule has 0 unspecified atom stereocenters. The lowest BCUT2D eigenvalue weighted by Gasteiger charge is -2.23. The van der Waals surface area contributed by atoms with Crippen molar-refractivity contribution in [2.75, 3.05) is 25.1 Å². The van der Waals surface area contributed by atoms with Gasteiger partial charge in [0.25, 0.3) is 0 Å². The molecule has 0 saturated heterocycles. The third-order valence-electron chi connectivity index (χ3n) is 3.65. The normalized spacial score (nSPS) is 12.7. The lowest BCUT2D eigenvalue weighted by molar-refractivity contribution is -0.140. The zero-order valence-electron chi connectivity index (χ0n) is 12.0. The van der Waals surface area contributed by atoms with Crippen LogP contribution in [0.2, 0.25) is 0 Å². The van der Waals surface area contributed by atoms with Crippen LogP contribution in [0.4, 0.5) is 5.82 Å². The van der Waals surface area contributed by atoms with Crippen LogP contribution in [-0.4, -0.2) is 31.2 Å². The highest BCUT2D eigenvalue weighted by molar-refractivity contribution is 5.70. The van der Waals surface area contributed by atoms with Gasteiger partial charge in [-0.05, 0) is 37.8 Å².